The molecule has 4 heteroatoms. The van der Waals surface area contributed by atoms with Crippen LogP contribution in [0.3, 0.4) is 0 Å². The van der Waals surface area contributed by atoms with Crippen LogP contribution in [-0.4, -0.2) is 36.2 Å². The number of para-hydroxylation sites is 1. The van der Waals surface area contributed by atoms with Crippen LogP contribution in [0.2, 0.25) is 0 Å². The first kappa shape index (κ1) is 14.6. The summed E-state index contributed by atoms with van der Waals surface area (Å²) in [5, 5.41) is 12.8. The monoisotopic (exact) mass is 282 g/mol. The second-order valence-electron chi connectivity index (χ2n) is 5.74. The third-order valence-corrected chi connectivity index (χ3v) is 4.41. The number of nitrogens with one attached hydrogen (secondary N) is 1. The lowest BCUT2D eigenvalue weighted by Crippen LogP contribution is -2.21. The van der Waals surface area contributed by atoms with Crippen molar-refractivity contribution in [2.45, 2.75) is 19.9 Å². The van der Waals surface area contributed by atoms with Crippen molar-refractivity contribution >= 4 is 18.1 Å². The van der Waals surface area contributed by atoms with E-state index in [-0.39, 0.29) is 12.4 Å². The average Bonchev–Trinajstić information content (AvgIpc) is 2.96. The molecule has 0 amide bonds. The maximum atomic E-state index is 9.34. The van der Waals surface area contributed by atoms with Gasteiger partial charge in [0.25, 0.3) is 0 Å². The zero-order valence-corrected chi connectivity index (χ0v) is 12.2. The van der Waals surface area contributed by atoms with Gasteiger partial charge in [0.15, 0.2) is 0 Å². The van der Waals surface area contributed by atoms with Crippen LogP contribution in [0.25, 0.3) is 0 Å². The van der Waals surface area contributed by atoms with Gasteiger partial charge in [-0.2, -0.15) is 0 Å². The summed E-state index contributed by atoms with van der Waals surface area (Å²) in [4.78, 5) is 2.47. The molecule has 1 saturated heterocycles. The van der Waals surface area contributed by atoms with Crippen LogP contribution in [0.1, 0.15) is 18.1 Å². The van der Waals surface area contributed by atoms with Crippen molar-refractivity contribution in [3.05, 3.63) is 29.3 Å². The minimum atomic E-state index is 0. The van der Waals surface area contributed by atoms with Gasteiger partial charge >= 0.3 is 0 Å². The van der Waals surface area contributed by atoms with Crippen LogP contribution >= 0.6 is 12.4 Å². The van der Waals surface area contributed by atoms with Crippen molar-refractivity contribution in [1.29, 1.82) is 0 Å². The van der Waals surface area contributed by atoms with E-state index in [2.05, 4.69) is 35.3 Å². The number of anilines is 1. The van der Waals surface area contributed by atoms with Gasteiger partial charge in [0.2, 0.25) is 0 Å². The molecule has 1 aromatic carbocycles. The molecule has 0 aromatic heterocycles. The number of fused-ring (bicyclic) bond motifs is 1. The molecule has 0 radical (unpaired) electrons. The first-order chi connectivity index (χ1) is 8.78. The Hall–Kier alpha value is -0.770. The predicted molar refractivity (Wildman–Crippen MR) is 80.9 cm³/mol. The number of aliphatic hydroxyl groups excluding tert-OH is 1. The molecular formula is C15H23ClN2O. The smallest absolute Gasteiger partial charge is 0.0474 e. The number of benzene rings is 1. The molecule has 1 aromatic rings. The van der Waals surface area contributed by atoms with E-state index in [0.29, 0.717) is 18.4 Å². The van der Waals surface area contributed by atoms with Crippen molar-refractivity contribution in [1.82, 2.24) is 4.90 Å². The van der Waals surface area contributed by atoms with Crippen molar-refractivity contribution in [3.8, 4) is 0 Å². The Kier molecular flexibility index (Phi) is 4.71. The van der Waals surface area contributed by atoms with Gasteiger partial charge in [0, 0.05) is 38.5 Å². The first-order valence-electron chi connectivity index (χ1n) is 6.96. The summed E-state index contributed by atoms with van der Waals surface area (Å²) >= 11 is 0. The lowest BCUT2D eigenvalue weighted by atomic mass is 10.00. The topological polar surface area (TPSA) is 35.5 Å². The van der Waals surface area contributed by atoms with E-state index in [1.165, 1.54) is 16.8 Å². The van der Waals surface area contributed by atoms with E-state index in [1.807, 2.05) is 0 Å². The highest BCUT2D eigenvalue weighted by Gasteiger charge is 2.29. The number of rotatable bonds is 3. The summed E-state index contributed by atoms with van der Waals surface area (Å²) in [6.07, 6.45) is 1.15. The first-order valence-corrected chi connectivity index (χ1v) is 6.96. The number of nitrogens with zero attached hydrogens (tertiary/aromatic N) is 1. The van der Waals surface area contributed by atoms with Crippen molar-refractivity contribution in [3.63, 3.8) is 0 Å². The molecule has 1 fully saturated rings. The van der Waals surface area contributed by atoms with E-state index >= 15 is 0 Å². The summed E-state index contributed by atoms with van der Waals surface area (Å²) in [5.74, 6) is 1.06. The number of likely N-dealkylation sites (tertiary alicyclic amines) is 1. The van der Waals surface area contributed by atoms with Gasteiger partial charge in [0.05, 0.1) is 0 Å². The maximum absolute atomic E-state index is 9.34. The largest absolute Gasteiger partial charge is 0.396 e. The number of aliphatic hydroxyl groups is 1. The van der Waals surface area contributed by atoms with Crippen LogP contribution < -0.4 is 5.32 Å². The molecule has 2 heterocycles. The van der Waals surface area contributed by atoms with E-state index in [0.717, 1.165) is 32.6 Å². The Balaban J connectivity index is 0.00000133. The van der Waals surface area contributed by atoms with E-state index in [1.54, 1.807) is 0 Å². The number of halogens is 1. The zero-order chi connectivity index (χ0) is 12.5. The molecule has 3 rings (SSSR count). The minimum Gasteiger partial charge on any atom is -0.396 e. The van der Waals surface area contributed by atoms with Crippen LogP contribution in [0, 0.1) is 11.8 Å². The Bertz CT molecular complexity index is 438. The molecule has 3 nitrogen and oxygen atoms in total. The van der Waals surface area contributed by atoms with E-state index in [4.69, 9.17) is 0 Å². The third kappa shape index (κ3) is 2.88. The Morgan fingerprint density at radius 3 is 2.95 bits per heavy atom. The molecule has 2 aliphatic rings. The molecule has 0 aliphatic carbocycles. The van der Waals surface area contributed by atoms with Crippen molar-refractivity contribution in [2.75, 3.05) is 31.6 Å². The maximum Gasteiger partial charge on any atom is 0.0474 e. The fraction of sp³-hybridized carbons (Fsp3) is 0.600. The number of hydrogen-bond acceptors (Lipinski definition) is 3. The van der Waals surface area contributed by atoms with Crippen LogP contribution in [0.5, 0.6) is 0 Å². The summed E-state index contributed by atoms with van der Waals surface area (Å²) in [7, 11) is 0. The second-order valence-corrected chi connectivity index (χ2v) is 5.74. The summed E-state index contributed by atoms with van der Waals surface area (Å²) < 4.78 is 0. The summed E-state index contributed by atoms with van der Waals surface area (Å²) in [5.41, 5.74) is 4.23. The Morgan fingerprint density at radius 2 is 2.21 bits per heavy atom. The van der Waals surface area contributed by atoms with Crippen molar-refractivity contribution in [2.24, 2.45) is 11.8 Å². The van der Waals surface area contributed by atoms with Gasteiger partial charge < -0.3 is 10.4 Å². The molecule has 2 N–H and O–H groups in total. The molecular weight excluding hydrogens is 260 g/mol. The molecule has 19 heavy (non-hydrogen) atoms. The highest BCUT2D eigenvalue weighted by Crippen LogP contribution is 2.30. The molecule has 0 spiro atoms. The van der Waals surface area contributed by atoms with E-state index < -0.39 is 0 Å². The summed E-state index contributed by atoms with van der Waals surface area (Å²) in [6.45, 7) is 6.78. The zero-order valence-electron chi connectivity index (χ0n) is 11.4. The Morgan fingerprint density at radius 1 is 1.37 bits per heavy atom. The third-order valence-electron chi connectivity index (χ3n) is 4.41. The molecule has 0 saturated carbocycles. The Labute approximate surface area is 121 Å². The van der Waals surface area contributed by atoms with Gasteiger partial charge in [-0.1, -0.05) is 25.1 Å². The summed E-state index contributed by atoms with van der Waals surface area (Å²) in [6, 6.07) is 6.63. The molecule has 2 atom stereocenters. The van der Waals surface area contributed by atoms with Crippen LogP contribution in [-0.2, 0) is 13.0 Å². The van der Waals surface area contributed by atoms with Gasteiger partial charge in [-0.15, -0.1) is 12.4 Å². The number of hydrogen-bond donors (Lipinski definition) is 2. The normalized spacial score (nSPS) is 25.8. The fourth-order valence-electron chi connectivity index (χ4n) is 3.29. The second kappa shape index (κ2) is 6.12. The van der Waals surface area contributed by atoms with Crippen LogP contribution in [0.15, 0.2) is 18.2 Å². The predicted octanol–water partition coefficient (Wildman–Crippen LogP) is 2.14. The fourth-order valence-corrected chi connectivity index (χ4v) is 3.29. The molecule has 0 bridgehead atoms. The minimum absolute atomic E-state index is 0. The van der Waals surface area contributed by atoms with Gasteiger partial charge in [0.1, 0.15) is 0 Å². The highest BCUT2D eigenvalue weighted by atomic mass is 35.5. The van der Waals surface area contributed by atoms with Gasteiger partial charge in [-0.3, -0.25) is 4.90 Å². The van der Waals surface area contributed by atoms with Crippen LogP contribution in [0.4, 0.5) is 5.69 Å². The SMILES string of the molecule is C[C@@H]1CN(Cc2cccc3c2NCC3)C[C@H]1CO.Cl. The van der Waals surface area contributed by atoms with Crippen molar-refractivity contribution < 1.29 is 5.11 Å². The van der Waals surface area contributed by atoms with Gasteiger partial charge in [-0.05, 0) is 29.4 Å². The lowest BCUT2D eigenvalue weighted by molar-refractivity contribution is 0.204. The standard InChI is InChI=1S/C15H22N2O.ClH/c1-11-7-17(9-14(11)10-18)8-13-4-2-3-12-5-6-16-15(12)13;/h2-4,11,14,16,18H,5-10H2,1H3;1H/t11-,14+;/m1./s1. The average molecular weight is 283 g/mol. The molecule has 106 valence electrons. The van der Waals surface area contributed by atoms with E-state index in [9.17, 15) is 5.11 Å². The molecule has 2 aliphatic heterocycles. The van der Waals surface area contributed by atoms with Gasteiger partial charge in [-0.25, -0.2) is 0 Å². The highest BCUT2D eigenvalue weighted by molar-refractivity contribution is 5.85. The lowest BCUT2D eigenvalue weighted by Gasteiger charge is -2.18. The quantitative estimate of drug-likeness (QED) is 0.892. The molecule has 0 unspecified atom stereocenters.